The fourth-order valence-corrected chi connectivity index (χ4v) is 2.43. The van der Waals surface area contributed by atoms with E-state index in [1.807, 2.05) is 6.20 Å². The second kappa shape index (κ2) is 9.71. The monoisotopic (exact) mass is 295 g/mol. The summed E-state index contributed by atoms with van der Waals surface area (Å²) in [5.74, 6) is 1.04. The molecule has 1 unspecified atom stereocenters. The van der Waals surface area contributed by atoms with E-state index in [1.54, 1.807) is 14.2 Å². The van der Waals surface area contributed by atoms with Crippen LogP contribution in [-0.2, 0) is 16.0 Å². The first kappa shape index (κ1) is 17.9. The van der Waals surface area contributed by atoms with Gasteiger partial charge in [0.2, 0.25) is 0 Å². The fraction of sp³-hybridized carbons (Fsp3) is 0.688. The lowest BCUT2D eigenvalue weighted by Gasteiger charge is -2.30. The predicted octanol–water partition coefficient (Wildman–Crippen LogP) is 1.99. The Morgan fingerprint density at radius 2 is 2.10 bits per heavy atom. The van der Waals surface area contributed by atoms with Gasteiger partial charge in [0.1, 0.15) is 5.82 Å². The smallest absolute Gasteiger partial charge is 0.131 e. The van der Waals surface area contributed by atoms with Crippen LogP contribution in [-0.4, -0.2) is 51.5 Å². The molecule has 1 aromatic heterocycles. The Morgan fingerprint density at radius 3 is 2.67 bits per heavy atom. The summed E-state index contributed by atoms with van der Waals surface area (Å²) in [7, 11) is 3.45. The van der Waals surface area contributed by atoms with Crippen LogP contribution in [0.4, 0.5) is 5.82 Å². The molecule has 0 bridgehead atoms. The van der Waals surface area contributed by atoms with E-state index in [0.717, 1.165) is 32.1 Å². The summed E-state index contributed by atoms with van der Waals surface area (Å²) < 4.78 is 10.3. The number of hydrogen-bond acceptors (Lipinski definition) is 5. The van der Waals surface area contributed by atoms with Gasteiger partial charge in [-0.2, -0.15) is 0 Å². The second-order valence-electron chi connectivity index (χ2n) is 5.24. The highest BCUT2D eigenvalue weighted by molar-refractivity contribution is 5.48. The summed E-state index contributed by atoms with van der Waals surface area (Å²) in [5.41, 5.74) is 2.40. The van der Waals surface area contributed by atoms with Crippen LogP contribution in [0.3, 0.4) is 0 Å². The maximum Gasteiger partial charge on any atom is 0.131 e. The maximum atomic E-state index is 5.26. The summed E-state index contributed by atoms with van der Waals surface area (Å²) in [6, 6.07) is 2.52. The topological polar surface area (TPSA) is 46.6 Å². The van der Waals surface area contributed by atoms with E-state index < -0.39 is 0 Å². The van der Waals surface area contributed by atoms with Gasteiger partial charge in [-0.05, 0) is 38.0 Å². The quantitative estimate of drug-likeness (QED) is 0.669. The number of anilines is 1. The van der Waals surface area contributed by atoms with Crippen molar-refractivity contribution in [3.63, 3.8) is 0 Å². The molecule has 1 N–H and O–H groups in total. The summed E-state index contributed by atoms with van der Waals surface area (Å²) in [6.45, 7) is 10.4. The van der Waals surface area contributed by atoms with E-state index in [-0.39, 0.29) is 0 Å². The minimum atomic E-state index is 0.317. The van der Waals surface area contributed by atoms with Crippen molar-refractivity contribution in [2.24, 2.45) is 0 Å². The third-order valence-electron chi connectivity index (χ3n) is 3.47. The van der Waals surface area contributed by atoms with Gasteiger partial charge in [0.15, 0.2) is 0 Å². The summed E-state index contributed by atoms with van der Waals surface area (Å²) >= 11 is 0. The first-order valence-electron chi connectivity index (χ1n) is 7.54. The lowest BCUT2D eigenvalue weighted by Crippen LogP contribution is -2.37. The first-order chi connectivity index (χ1) is 10.1. The lowest BCUT2D eigenvalue weighted by molar-refractivity contribution is 0.181. The molecule has 1 aromatic rings. The van der Waals surface area contributed by atoms with E-state index in [1.165, 1.54) is 11.1 Å². The number of likely N-dealkylation sites (N-methyl/N-ethyl adjacent to an activating group) is 1. The maximum absolute atomic E-state index is 5.26. The third-order valence-corrected chi connectivity index (χ3v) is 3.47. The Balaban J connectivity index is 2.71. The molecular formula is C16H29N3O2. The fourth-order valence-electron chi connectivity index (χ4n) is 2.43. The van der Waals surface area contributed by atoms with Crippen LogP contribution in [0.2, 0.25) is 0 Å². The van der Waals surface area contributed by atoms with Crippen molar-refractivity contribution in [2.75, 3.05) is 45.4 Å². The molecule has 0 fully saturated rings. The van der Waals surface area contributed by atoms with Crippen LogP contribution < -0.4 is 10.2 Å². The zero-order chi connectivity index (χ0) is 15.7. The molecule has 1 atom stereocenters. The summed E-state index contributed by atoms with van der Waals surface area (Å²) in [6.07, 6.45) is 1.95. The van der Waals surface area contributed by atoms with Crippen molar-refractivity contribution >= 4 is 5.82 Å². The lowest BCUT2D eigenvalue weighted by atomic mass is 10.1. The molecule has 0 aliphatic rings. The Bertz CT molecular complexity index is 413. The Kier molecular flexibility index (Phi) is 8.27. The zero-order valence-corrected chi connectivity index (χ0v) is 14.0. The Hall–Kier alpha value is -1.17. The van der Waals surface area contributed by atoms with Gasteiger partial charge in [-0.1, -0.05) is 0 Å². The molecule has 120 valence electrons. The van der Waals surface area contributed by atoms with E-state index in [2.05, 4.69) is 42.0 Å². The van der Waals surface area contributed by atoms with Crippen LogP contribution >= 0.6 is 0 Å². The molecule has 1 heterocycles. The molecule has 0 amide bonds. The number of aromatic nitrogens is 1. The molecule has 5 heteroatoms. The third kappa shape index (κ3) is 5.61. The number of aryl methyl sites for hydroxylation is 1. The largest absolute Gasteiger partial charge is 0.383 e. The number of ether oxygens (including phenoxy) is 2. The average molecular weight is 295 g/mol. The molecule has 0 aliphatic carbocycles. The normalized spacial score (nSPS) is 12.4. The summed E-state index contributed by atoms with van der Waals surface area (Å²) in [4.78, 5) is 6.93. The van der Waals surface area contributed by atoms with Crippen LogP contribution in [0.15, 0.2) is 12.3 Å². The van der Waals surface area contributed by atoms with E-state index in [9.17, 15) is 0 Å². The van der Waals surface area contributed by atoms with Crippen molar-refractivity contribution in [1.82, 2.24) is 10.3 Å². The van der Waals surface area contributed by atoms with Crippen molar-refractivity contribution in [3.05, 3.63) is 23.4 Å². The Labute approximate surface area is 128 Å². The zero-order valence-electron chi connectivity index (χ0n) is 14.0. The molecule has 0 aliphatic heterocycles. The van der Waals surface area contributed by atoms with Gasteiger partial charge in [0.05, 0.1) is 19.3 Å². The predicted molar refractivity (Wildman–Crippen MR) is 86.9 cm³/mol. The highest BCUT2D eigenvalue weighted by atomic mass is 16.5. The second-order valence-corrected chi connectivity index (χ2v) is 5.24. The molecular weight excluding hydrogens is 266 g/mol. The van der Waals surface area contributed by atoms with E-state index in [4.69, 9.17) is 9.47 Å². The van der Waals surface area contributed by atoms with E-state index in [0.29, 0.717) is 12.6 Å². The van der Waals surface area contributed by atoms with Crippen LogP contribution in [0.25, 0.3) is 0 Å². The number of methoxy groups -OCH3 is 2. The molecule has 0 spiro atoms. The first-order valence-corrected chi connectivity index (χ1v) is 7.54. The highest BCUT2D eigenvalue weighted by Crippen LogP contribution is 2.20. The number of hydrogen-bond donors (Lipinski definition) is 1. The van der Waals surface area contributed by atoms with Crippen LogP contribution in [0.5, 0.6) is 0 Å². The highest BCUT2D eigenvalue weighted by Gasteiger charge is 2.16. The number of nitrogens with one attached hydrogen (secondary N) is 1. The molecule has 0 aromatic carbocycles. The minimum absolute atomic E-state index is 0.317. The van der Waals surface area contributed by atoms with Gasteiger partial charge in [-0.15, -0.1) is 0 Å². The number of nitrogens with zero attached hydrogens (tertiary/aromatic N) is 2. The number of pyridine rings is 1. The molecule has 0 saturated heterocycles. The van der Waals surface area contributed by atoms with Gasteiger partial charge < -0.3 is 19.7 Å². The van der Waals surface area contributed by atoms with Crippen LogP contribution in [0, 0.1) is 6.92 Å². The summed E-state index contributed by atoms with van der Waals surface area (Å²) in [5, 5.41) is 3.34. The molecule has 5 nitrogen and oxygen atoms in total. The van der Waals surface area contributed by atoms with Gasteiger partial charge >= 0.3 is 0 Å². The van der Waals surface area contributed by atoms with Gasteiger partial charge in [-0.25, -0.2) is 4.98 Å². The number of rotatable bonds is 10. The van der Waals surface area contributed by atoms with E-state index >= 15 is 0 Å². The van der Waals surface area contributed by atoms with Crippen molar-refractivity contribution in [1.29, 1.82) is 0 Å². The van der Waals surface area contributed by atoms with Crippen LogP contribution in [0.1, 0.15) is 25.0 Å². The molecule has 21 heavy (non-hydrogen) atoms. The standard InChI is InChI=1S/C16H29N3O2/c1-6-19(14(3)12-21-5)16-13(2)9-15(11-18-16)10-17-7-8-20-4/h9,11,14,17H,6-8,10,12H2,1-5H3. The molecule has 0 saturated carbocycles. The van der Waals surface area contributed by atoms with Gasteiger partial charge in [-0.3, -0.25) is 0 Å². The van der Waals surface area contributed by atoms with Crippen molar-refractivity contribution in [2.45, 2.75) is 33.4 Å². The SMILES string of the molecule is CCN(c1ncc(CNCCOC)cc1C)C(C)COC. The van der Waals surface area contributed by atoms with Gasteiger partial charge in [0, 0.05) is 40.1 Å². The molecule has 1 rings (SSSR count). The molecule has 0 radical (unpaired) electrons. The average Bonchev–Trinajstić information content (AvgIpc) is 2.47. The van der Waals surface area contributed by atoms with Crippen molar-refractivity contribution < 1.29 is 9.47 Å². The van der Waals surface area contributed by atoms with Crippen molar-refractivity contribution in [3.8, 4) is 0 Å². The Morgan fingerprint density at radius 1 is 1.33 bits per heavy atom. The van der Waals surface area contributed by atoms with Gasteiger partial charge in [0.25, 0.3) is 0 Å². The minimum Gasteiger partial charge on any atom is -0.383 e.